The molecule has 0 saturated carbocycles. The molecule has 0 bridgehead atoms. The van der Waals surface area contributed by atoms with Crippen LogP contribution in [0.4, 0.5) is 0 Å². The second kappa shape index (κ2) is 4.71. The zero-order valence-corrected chi connectivity index (χ0v) is 7.39. The van der Waals surface area contributed by atoms with Crippen LogP contribution in [0.15, 0.2) is 12.0 Å². The molecule has 0 radical (unpaired) electrons. The first kappa shape index (κ1) is 12.6. The summed E-state index contributed by atoms with van der Waals surface area (Å²) in [5.74, 6) is -0.262. The molecule has 3 heteroatoms. The van der Waals surface area contributed by atoms with Crippen LogP contribution in [0, 0.1) is 0 Å². The summed E-state index contributed by atoms with van der Waals surface area (Å²) < 4.78 is 4.89. The monoisotopic (exact) mass is 136 g/mol. The van der Waals surface area contributed by atoms with Gasteiger partial charge >= 0.3 is 18.9 Å². The first-order valence-electron chi connectivity index (χ1n) is 2.98. The van der Waals surface area contributed by atoms with Crippen LogP contribution in [0.25, 0.3) is 0 Å². The molecule has 0 spiro atoms. The minimum atomic E-state index is -0.358. The smallest absolute Gasteiger partial charge is 0.608 e. The van der Waals surface area contributed by atoms with E-state index < -0.39 is 0 Å². The maximum atomic E-state index is 10.5. The Bertz CT molecular complexity index is 113. The van der Waals surface area contributed by atoms with Gasteiger partial charge in [0.05, 0.1) is 0 Å². The molecule has 0 aromatic carbocycles. The Kier molecular flexibility index (Phi) is 5.93. The van der Waals surface area contributed by atoms with Gasteiger partial charge in [-0.2, -0.15) is 0 Å². The Morgan fingerprint density at radius 2 is 1.80 bits per heavy atom. The Hall–Kier alpha value is -0.0626. The van der Waals surface area contributed by atoms with Crippen LogP contribution in [0.1, 0.15) is 27.7 Å². The normalized spacial score (nSPS) is 12.2. The maximum Gasteiger partial charge on any atom is 1.00 e. The van der Waals surface area contributed by atoms with Crippen molar-refractivity contribution in [3.63, 3.8) is 0 Å². The molecule has 10 heavy (non-hydrogen) atoms. The van der Waals surface area contributed by atoms with Gasteiger partial charge in [-0.25, -0.2) is 0 Å². The number of rotatable bonds is 1. The van der Waals surface area contributed by atoms with Gasteiger partial charge in [-0.15, -0.1) is 0 Å². The summed E-state index contributed by atoms with van der Waals surface area (Å²) in [5, 5.41) is 10.5. The quantitative estimate of drug-likeness (QED) is 0.309. The molecule has 0 aromatic rings. The van der Waals surface area contributed by atoms with Gasteiger partial charge in [0, 0.05) is 11.5 Å². The van der Waals surface area contributed by atoms with Crippen LogP contribution in [0.5, 0.6) is 0 Å². The second-order valence-electron chi connectivity index (χ2n) is 2.82. The fourth-order valence-corrected chi connectivity index (χ4v) is 0.361. The van der Waals surface area contributed by atoms with E-state index in [1.807, 2.05) is 20.8 Å². The van der Waals surface area contributed by atoms with Crippen LogP contribution in [0.3, 0.4) is 0 Å². The Balaban J connectivity index is 0. The fourth-order valence-electron chi connectivity index (χ4n) is 0.361. The SMILES string of the molecule is C/C=C(/[O-])OC(C)(C)C.[Li+]. The van der Waals surface area contributed by atoms with Gasteiger partial charge in [-0.1, -0.05) is 26.8 Å². The summed E-state index contributed by atoms with van der Waals surface area (Å²) in [7, 11) is 0. The van der Waals surface area contributed by atoms with Gasteiger partial charge in [0.15, 0.2) is 0 Å². The molecular weight excluding hydrogens is 123 g/mol. The Morgan fingerprint density at radius 1 is 1.40 bits per heavy atom. The number of hydrogen-bond acceptors (Lipinski definition) is 2. The van der Waals surface area contributed by atoms with Gasteiger partial charge < -0.3 is 9.84 Å². The average molecular weight is 136 g/mol. The van der Waals surface area contributed by atoms with Crippen molar-refractivity contribution in [1.29, 1.82) is 0 Å². The number of hydrogen-bond donors (Lipinski definition) is 0. The zero-order valence-electron chi connectivity index (χ0n) is 7.39. The third-order valence-electron chi connectivity index (χ3n) is 0.642. The van der Waals surface area contributed by atoms with E-state index in [1.165, 1.54) is 6.08 Å². The molecule has 0 amide bonds. The Labute approximate surface area is 74.4 Å². The van der Waals surface area contributed by atoms with E-state index in [0.717, 1.165) is 0 Å². The molecule has 0 unspecified atom stereocenters. The standard InChI is InChI=1S/C7H14O2.Li/c1-5-6(8)9-7(2,3)4;/h5,8H,1-4H3;/q;+1/p-1/b6-5-;. The van der Waals surface area contributed by atoms with Crippen molar-refractivity contribution >= 4 is 0 Å². The van der Waals surface area contributed by atoms with Crippen LogP contribution in [0.2, 0.25) is 0 Å². The molecule has 0 rings (SSSR count). The van der Waals surface area contributed by atoms with Gasteiger partial charge in [0.1, 0.15) is 0 Å². The van der Waals surface area contributed by atoms with Crippen molar-refractivity contribution in [2.75, 3.05) is 0 Å². The molecule has 0 fully saturated rings. The summed E-state index contributed by atoms with van der Waals surface area (Å²) >= 11 is 0. The third kappa shape index (κ3) is 7.94. The van der Waals surface area contributed by atoms with Gasteiger partial charge in [0.2, 0.25) is 0 Å². The van der Waals surface area contributed by atoms with E-state index in [1.54, 1.807) is 6.92 Å². The largest absolute Gasteiger partial charge is 1.00 e. The van der Waals surface area contributed by atoms with E-state index in [-0.39, 0.29) is 30.4 Å². The average Bonchev–Trinajstić information content (AvgIpc) is 1.62. The molecule has 0 atom stereocenters. The van der Waals surface area contributed by atoms with E-state index in [4.69, 9.17) is 4.74 Å². The molecule has 0 saturated heterocycles. The molecular formula is C7H13LiO2. The first-order valence-corrected chi connectivity index (χ1v) is 2.98. The fraction of sp³-hybridized carbons (Fsp3) is 0.714. The van der Waals surface area contributed by atoms with Crippen molar-refractivity contribution in [1.82, 2.24) is 0 Å². The molecule has 0 aliphatic heterocycles. The van der Waals surface area contributed by atoms with Crippen molar-refractivity contribution < 1.29 is 28.7 Å². The van der Waals surface area contributed by atoms with Crippen LogP contribution in [-0.4, -0.2) is 5.60 Å². The third-order valence-corrected chi connectivity index (χ3v) is 0.642. The summed E-state index contributed by atoms with van der Waals surface area (Å²) in [6, 6.07) is 0. The topological polar surface area (TPSA) is 32.3 Å². The molecule has 0 heterocycles. The predicted octanol–water partition coefficient (Wildman–Crippen LogP) is -1.97. The van der Waals surface area contributed by atoms with Crippen LogP contribution >= 0.6 is 0 Å². The van der Waals surface area contributed by atoms with Crippen molar-refractivity contribution in [3.05, 3.63) is 12.0 Å². The molecule has 2 nitrogen and oxygen atoms in total. The predicted molar refractivity (Wildman–Crippen MR) is 34.6 cm³/mol. The van der Waals surface area contributed by atoms with E-state index >= 15 is 0 Å². The molecule has 54 valence electrons. The summed E-state index contributed by atoms with van der Waals surface area (Å²) in [5.41, 5.74) is -0.358. The minimum absolute atomic E-state index is 0. The molecule has 0 N–H and O–H groups in total. The van der Waals surface area contributed by atoms with E-state index in [2.05, 4.69) is 0 Å². The number of ether oxygens (including phenoxy) is 1. The van der Waals surface area contributed by atoms with E-state index in [9.17, 15) is 5.11 Å². The van der Waals surface area contributed by atoms with Crippen molar-refractivity contribution in [3.8, 4) is 0 Å². The van der Waals surface area contributed by atoms with Gasteiger partial charge in [-0.05, 0) is 6.92 Å². The zero-order chi connectivity index (χ0) is 7.49. The van der Waals surface area contributed by atoms with Gasteiger partial charge in [-0.3, -0.25) is 0 Å². The summed E-state index contributed by atoms with van der Waals surface area (Å²) in [6.07, 6.45) is 1.41. The van der Waals surface area contributed by atoms with E-state index in [0.29, 0.717) is 0 Å². The summed E-state index contributed by atoms with van der Waals surface area (Å²) in [6.45, 7) is 7.19. The number of allylic oxidation sites excluding steroid dienone is 1. The van der Waals surface area contributed by atoms with Crippen LogP contribution in [-0.2, 0) is 4.74 Å². The van der Waals surface area contributed by atoms with Gasteiger partial charge in [0.25, 0.3) is 0 Å². The second-order valence-corrected chi connectivity index (χ2v) is 2.82. The molecule has 0 aliphatic rings. The van der Waals surface area contributed by atoms with Crippen LogP contribution < -0.4 is 24.0 Å². The van der Waals surface area contributed by atoms with Crippen molar-refractivity contribution in [2.45, 2.75) is 33.3 Å². The molecule has 0 aliphatic carbocycles. The maximum absolute atomic E-state index is 10.5. The van der Waals surface area contributed by atoms with Crippen molar-refractivity contribution in [2.24, 2.45) is 0 Å². The summed E-state index contributed by atoms with van der Waals surface area (Å²) in [4.78, 5) is 0. The molecule has 0 aromatic heterocycles. The Morgan fingerprint density at radius 3 is 1.90 bits per heavy atom. The first-order chi connectivity index (χ1) is 3.95. The minimum Gasteiger partial charge on any atom is -0.608 e.